The summed E-state index contributed by atoms with van der Waals surface area (Å²) in [4.78, 5) is 26.3. The first kappa shape index (κ1) is 19.7. The molecule has 0 atom stereocenters. The lowest BCUT2D eigenvalue weighted by Gasteiger charge is -2.16. The number of aryl methyl sites for hydroxylation is 2. The predicted molar refractivity (Wildman–Crippen MR) is 110 cm³/mol. The van der Waals surface area contributed by atoms with Gasteiger partial charge in [0.1, 0.15) is 29.4 Å². The van der Waals surface area contributed by atoms with E-state index < -0.39 is 5.97 Å². The van der Waals surface area contributed by atoms with E-state index in [1.165, 1.54) is 0 Å². The Labute approximate surface area is 174 Å². The van der Waals surface area contributed by atoms with E-state index in [2.05, 4.69) is 5.16 Å². The summed E-state index contributed by atoms with van der Waals surface area (Å²) in [5, 5.41) is 3.91. The van der Waals surface area contributed by atoms with Gasteiger partial charge in [-0.15, -0.1) is 0 Å². The van der Waals surface area contributed by atoms with E-state index in [9.17, 15) is 9.59 Å². The standard InChI is InChI=1S/C23H22N2O5/c1-15-20(16(2)30-24-15)14-28-21-7-4-3-6-19(21)23(27)29-18-11-9-17(10-12-18)25-13-5-8-22(25)26/h3-4,6-7,9-12H,5,8,13-14H2,1-2H3. The van der Waals surface area contributed by atoms with Crippen LogP contribution >= 0.6 is 0 Å². The number of benzene rings is 2. The molecule has 1 saturated heterocycles. The maximum atomic E-state index is 12.7. The Kier molecular flexibility index (Phi) is 5.52. The minimum Gasteiger partial charge on any atom is -0.488 e. The average Bonchev–Trinajstić information content (AvgIpc) is 3.32. The molecule has 0 saturated carbocycles. The fourth-order valence-electron chi connectivity index (χ4n) is 3.40. The van der Waals surface area contributed by atoms with E-state index in [1.54, 1.807) is 53.4 Å². The number of ether oxygens (including phenoxy) is 2. The van der Waals surface area contributed by atoms with Gasteiger partial charge in [-0.1, -0.05) is 17.3 Å². The summed E-state index contributed by atoms with van der Waals surface area (Å²) in [6, 6.07) is 13.9. The molecule has 7 heteroatoms. The monoisotopic (exact) mass is 406 g/mol. The van der Waals surface area contributed by atoms with E-state index in [1.807, 2.05) is 13.8 Å². The first-order valence-electron chi connectivity index (χ1n) is 9.79. The van der Waals surface area contributed by atoms with Crippen molar-refractivity contribution in [1.82, 2.24) is 5.16 Å². The molecule has 154 valence electrons. The lowest BCUT2D eigenvalue weighted by atomic mass is 10.2. The van der Waals surface area contributed by atoms with Crippen LogP contribution in [-0.2, 0) is 11.4 Å². The van der Waals surface area contributed by atoms with Gasteiger partial charge in [0.15, 0.2) is 0 Å². The molecule has 1 aliphatic rings. The third-order valence-corrected chi connectivity index (χ3v) is 5.09. The molecule has 0 bridgehead atoms. The van der Waals surface area contributed by atoms with E-state index in [4.69, 9.17) is 14.0 Å². The Morgan fingerprint density at radius 3 is 2.57 bits per heavy atom. The summed E-state index contributed by atoms with van der Waals surface area (Å²) in [5.74, 6) is 1.10. The number of hydrogen-bond donors (Lipinski definition) is 0. The summed E-state index contributed by atoms with van der Waals surface area (Å²) in [6.45, 7) is 4.62. The van der Waals surface area contributed by atoms with Crippen LogP contribution < -0.4 is 14.4 Å². The molecule has 1 aromatic heterocycles. The quantitative estimate of drug-likeness (QED) is 0.450. The molecule has 3 aromatic rings. The summed E-state index contributed by atoms with van der Waals surface area (Å²) in [5.41, 5.74) is 2.73. The fourth-order valence-corrected chi connectivity index (χ4v) is 3.40. The van der Waals surface area contributed by atoms with Crippen molar-refractivity contribution >= 4 is 17.6 Å². The predicted octanol–water partition coefficient (Wildman–Crippen LogP) is 4.22. The number of rotatable bonds is 6. The average molecular weight is 406 g/mol. The molecule has 1 fully saturated rings. The van der Waals surface area contributed by atoms with Crippen molar-refractivity contribution in [3.05, 3.63) is 71.1 Å². The normalized spacial score (nSPS) is 13.5. The van der Waals surface area contributed by atoms with Crippen LogP contribution in [0.5, 0.6) is 11.5 Å². The van der Waals surface area contributed by atoms with E-state index in [0.29, 0.717) is 35.8 Å². The number of carbonyl (C=O) groups excluding carboxylic acids is 2. The molecule has 0 unspecified atom stereocenters. The number of para-hydroxylation sites is 1. The fraction of sp³-hybridized carbons (Fsp3) is 0.261. The lowest BCUT2D eigenvalue weighted by molar-refractivity contribution is -0.117. The summed E-state index contributed by atoms with van der Waals surface area (Å²) in [7, 11) is 0. The Bertz CT molecular complexity index is 1050. The second kappa shape index (κ2) is 8.41. The smallest absolute Gasteiger partial charge is 0.347 e. The van der Waals surface area contributed by atoms with Gasteiger partial charge in [0.2, 0.25) is 5.91 Å². The van der Waals surface area contributed by atoms with Crippen molar-refractivity contribution in [2.24, 2.45) is 0 Å². The maximum Gasteiger partial charge on any atom is 0.347 e. The lowest BCUT2D eigenvalue weighted by Crippen LogP contribution is -2.23. The van der Waals surface area contributed by atoms with Gasteiger partial charge in [-0.25, -0.2) is 4.79 Å². The highest BCUT2D eigenvalue weighted by Gasteiger charge is 2.22. The Morgan fingerprint density at radius 2 is 1.90 bits per heavy atom. The molecule has 2 heterocycles. The molecule has 1 amide bonds. The van der Waals surface area contributed by atoms with Crippen LogP contribution in [0, 0.1) is 13.8 Å². The molecule has 0 N–H and O–H groups in total. The van der Waals surface area contributed by atoms with Crippen molar-refractivity contribution in [3.8, 4) is 11.5 Å². The number of amides is 1. The Hall–Kier alpha value is -3.61. The second-order valence-corrected chi connectivity index (χ2v) is 7.12. The molecular weight excluding hydrogens is 384 g/mol. The van der Waals surface area contributed by atoms with Crippen molar-refractivity contribution in [3.63, 3.8) is 0 Å². The molecule has 7 nitrogen and oxygen atoms in total. The summed E-state index contributed by atoms with van der Waals surface area (Å²) < 4.78 is 16.5. The molecule has 0 radical (unpaired) electrons. The molecule has 0 aliphatic carbocycles. The zero-order valence-electron chi connectivity index (χ0n) is 16.9. The SMILES string of the molecule is Cc1noc(C)c1COc1ccccc1C(=O)Oc1ccc(N2CCCC2=O)cc1. The van der Waals surface area contributed by atoms with Crippen molar-refractivity contribution < 1.29 is 23.6 Å². The first-order chi connectivity index (χ1) is 14.5. The van der Waals surface area contributed by atoms with Crippen molar-refractivity contribution in [2.45, 2.75) is 33.3 Å². The van der Waals surface area contributed by atoms with Gasteiger partial charge >= 0.3 is 5.97 Å². The first-order valence-corrected chi connectivity index (χ1v) is 9.79. The van der Waals surface area contributed by atoms with Crippen LogP contribution in [0.15, 0.2) is 53.1 Å². The van der Waals surface area contributed by atoms with Crippen LogP contribution in [0.3, 0.4) is 0 Å². The van der Waals surface area contributed by atoms with E-state index in [0.717, 1.165) is 23.4 Å². The number of carbonyl (C=O) groups is 2. The number of hydrogen-bond acceptors (Lipinski definition) is 6. The van der Waals surface area contributed by atoms with Gasteiger partial charge in [-0.05, 0) is 56.7 Å². The topological polar surface area (TPSA) is 81.9 Å². The molecule has 2 aromatic carbocycles. The number of esters is 1. The highest BCUT2D eigenvalue weighted by Crippen LogP contribution is 2.26. The number of nitrogens with zero attached hydrogens (tertiary/aromatic N) is 2. The highest BCUT2D eigenvalue weighted by molar-refractivity contribution is 5.96. The van der Waals surface area contributed by atoms with Crippen molar-refractivity contribution in [2.75, 3.05) is 11.4 Å². The molecular formula is C23H22N2O5. The van der Waals surface area contributed by atoms with Crippen LogP contribution in [0.25, 0.3) is 0 Å². The van der Waals surface area contributed by atoms with Gasteiger partial charge in [0.25, 0.3) is 0 Å². The zero-order chi connectivity index (χ0) is 21.1. The van der Waals surface area contributed by atoms with Crippen LogP contribution in [-0.4, -0.2) is 23.6 Å². The van der Waals surface area contributed by atoms with E-state index in [-0.39, 0.29) is 12.5 Å². The highest BCUT2D eigenvalue weighted by atomic mass is 16.5. The maximum absolute atomic E-state index is 12.7. The summed E-state index contributed by atoms with van der Waals surface area (Å²) in [6.07, 6.45) is 1.43. The third-order valence-electron chi connectivity index (χ3n) is 5.09. The third kappa shape index (κ3) is 4.05. The minimum absolute atomic E-state index is 0.115. The van der Waals surface area contributed by atoms with Gasteiger partial charge < -0.3 is 18.9 Å². The molecule has 30 heavy (non-hydrogen) atoms. The second-order valence-electron chi connectivity index (χ2n) is 7.12. The zero-order valence-corrected chi connectivity index (χ0v) is 16.9. The molecule has 0 spiro atoms. The van der Waals surface area contributed by atoms with Crippen molar-refractivity contribution in [1.29, 1.82) is 0 Å². The van der Waals surface area contributed by atoms with Gasteiger partial charge in [0.05, 0.1) is 11.3 Å². The Morgan fingerprint density at radius 1 is 1.13 bits per heavy atom. The van der Waals surface area contributed by atoms with E-state index >= 15 is 0 Å². The van der Waals surface area contributed by atoms with Gasteiger partial charge in [-0.3, -0.25) is 4.79 Å². The number of aromatic nitrogens is 1. The van der Waals surface area contributed by atoms with Crippen LogP contribution in [0.4, 0.5) is 5.69 Å². The Balaban J connectivity index is 1.45. The summed E-state index contributed by atoms with van der Waals surface area (Å²) >= 11 is 0. The number of anilines is 1. The molecule has 4 rings (SSSR count). The van der Waals surface area contributed by atoms with Crippen LogP contribution in [0.1, 0.15) is 40.2 Å². The van der Waals surface area contributed by atoms with Gasteiger partial charge in [-0.2, -0.15) is 0 Å². The largest absolute Gasteiger partial charge is 0.488 e. The van der Waals surface area contributed by atoms with Gasteiger partial charge in [0, 0.05) is 18.7 Å². The minimum atomic E-state index is -0.519. The van der Waals surface area contributed by atoms with Crippen LogP contribution in [0.2, 0.25) is 0 Å². The molecule has 1 aliphatic heterocycles.